The van der Waals surface area contributed by atoms with Gasteiger partial charge in [0, 0.05) is 35.6 Å². The minimum Gasteiger partial charge on any atom is -0.497 e. The highest BCUT2D eigenvalue weighted by Crippen LogP contribution is 2.36. The SMILES string of the molecule is COc1ccc(OC)c(S(=O)(=O)c2ccc(Cl)cc2NC(=O)NC(Cc2ccc(NC(=O)c3c(Cl)cncc3Cl)cc2)C(=O)O)c1. The number of carboxylic acids is 1. The van der Waals surface area contributed by atoms with Crippen molar-refractivity contribution in [2.75, 3.05) is 24.9 Å². The molecule has 0 spiro atoms. The summed E-state index contributed by atoms with van der Waals surface area (Å²) in [5, 5.41) is 17.4. The lowest BCUT2D eigenvalue weighted by Gasteiger charge is -2.18. The number of urea groups is 1. The average molecular weight is 708 g/mol. The minimum absolute atomic E-state index is 0.0349. The standard InChI is InChI=1S/C30H25Cl3N4O8S/c1-44-19-8-9-24(45-2)26(13-19)46(42,43)25-10-5-17(31)12-22(25)36-30(41)37-23(29(39)40)11-16-3-6-18(7-4-16)35-28(38)27-20(32)14-34-15-21(27)33/h3-10,12-15,23H,11H2,1-2H3,(H,35,38)(H,39,40)(H2,36,37,41). The number of benzene rings is 3. The maximum absolute atomic E-state index is 13.7. The van der Waals surface area contributed by atoms with Gasteiger partial charge in [-0.2, -0.15) is 0 Å². The Balaban J connectivity index is 1.50. The van der Waals surface area contributed by atoms with Gasteiger partial charge in [0.05, 0.1) is 40.4 Å². The Hall–Kier alpha value is -4.56. The molecule has 1 unspecified atom stereocenters. The van der Waals surface area contributed by atoms with E-state index in [2.05, 4.69) is 20.9 Å². The van der Waals surface area contributed by atoms with Gasteiger partial charge in [-0.3, -0.25) is 9.78 Å². The summed E-state index contributed by atoms with van der Waals surface area (Å²) in [6, 6.07) is 11.7. The minimum atomic E-state index is -4.31. The van der Waals surface area contributed by atoms with Gasteiger partial charge in [0.15, 0.2) is 0 Å². The smallest absolute Gasteiger partial charge is 0.326 e. The lowest BCUT2D eigenvalue weighted by Crippen LogP contribution is -2.44. The van der Waals surface area contributed by atoms with Gasteiger partial charge in [-0.05, 0) is 48.0 Å². The zero-order valence-electron chi connectivity index (χ0n) is 24.0. The first-order valence-electron chi connectivity index (χ1n) is 13.1. The fourth-order valence-electron chi connectivity index (χ4n) is 4.25. The normalized spacial score (nSPS) is 11.7. The van der Waals surface area contributed by atoms with Crippen LogP contribution in [0.4, 0.5) is 16.2 Å². The molecule has 46 heavy (non-hydrogen) atoms. The van der Waals surface area contributed by atoms with Gasteiger partial charge < -0.3 is 30.5 Å². The van der Waals surface area contributed by atoms with E-state index in [0.29, 0.717) is 11.3 Å². The third-order valence-electron chi connectivity index (χ3n) is 6.48. The van der Waals surface area contributed by atoms with Crippen molar-refractivity contribution in [2.24, 2.45) is 0 Å². The number of ether oxygens (including phenoxy) is 2. The van der Waals surface area contributed by atoms with Crippen molar-refractivity contribution in [3.05, 3.63) is 99.3 Å². The van der Waals surface area contributed by atoms with Crippen LogP contribution in [0.3, 0.4) is 0 Å². The van der Waals surface area contributed by atoms with Gasteiger partial charge in [-0.25, -0.2) is 18.0 Å². The van der Waals surface area contributed by atoms with E-state index >= 15 is 0 Å². The van der Waals surface area contributed by atoms with Crippen molar-refractivity contribution in [1.29, 1.82) is 0 Å². The van der Waals surface area contributed by atoms with Crippen LogP contribution in [0.15, 0.2) is 82.8 Å². The van der Waals surface area contributed by atoms with Gasteiger partial charge in [-0.15, -0.1) is 0 Å². The average Bonchev–Trinajstić information content (AvgIpc) is 3.01. The largest absolute Gasteiger partial charge is 0.497 e. The molecule has 1 heterocycles. The quantitative estimate of drug-likeness (QED) is 0.147. The van der Waals surface area contributed by atoms with Crippen molar-refractivity contribution in [3.8, 4) is 11.5 Å². The molecule has 12 nitrogen and oxygen atoms in total. The summed E-state index contributed by atoms with van der Waals surface area (Å²) in [6.45, 7) is 0. The van der Waals surface area contributed by atoms with E-state index in [-0.39, 0.29) is 54.0 Å². The van der Waals surface area contributed by atoms with Crippen molar-refractivity contribution in [2.45, 2.75) is 22.3 Å². The third-order valence-corrected chi connectivity index (χ3v) is 9.12. The first-order chi connectivity index (χ1) is 21.8. The Morgan fingerprint density at radius 2 is 1.54 bits per heavy atom. The molecule has 0 saturated carbocycles. The number of pyridine rings is 1. The summed E-state index contributed by atoms with van der Waals surface area (Å²) < 4.78 is 37.8. The highest BCUT2D eigenvalue weighted by atomic mass is 35.5. The van der Waals surface area contributed by atoms with Crippen LogP contribution < -0.4 is 25.4 Å². The number of rotatable bonds is 11. The monoisotopic (exact) mass is 706 g/mol. The van der Waals surface area contributed by atoms with Crippen molar-refractivity contribution in [3.63, 3.8) is 0 Å². The first-order valence-corrected chi connectivity index (χ1v) is 15.7. The maximum Gasteiger partial charge on any atom is 0.326 e. The van der Waals surface area contributed by atoms with Gasteiger partial charge >= 0.3 is 12.0 Å². The summed E-state index contributed by atoms with van der Waals surface area (Å²) in [4.78, 5) is 40.9. The predicted octanol–water partition coefficient (Wildman–Crippen LogP) is 5.96. The molecule has 0 radical (unpaired) electrons. The molecule has 0 saturated heterocycles. The molecule has 4 rings (SSSR count). The zero-order chi connectivity index (χ0) is 33.6. The summed E-state index contributed by atoms with van der Waals surface area (Å²) in [6.07, 6.45) is 2.41. The molecule has 240 valence electrons. The predicted molar refractivity (Wildman–Crippen MR) is 172 cm³/mol. The van der Waals surface area contributed by atoms with E-state index in [0.717, 1.165) is 0 Å². The Bertz CT molecular complexity index is 1890. The van der Waals surface area contributed by atoms with Crippen molar-refractivity contribution >= 4 is 73.9 Å². The molecular formula is C30H25Cl3N4O8S. The second-order valence-corrected chi connectivity index (χ2v) is 12.6. The van der Waals surface area contributed by atoms with Gasteiger partial charge in [0.25, 0.3) is 5.91 Å². The zero-order valence-corrected chi connectivity index (χ0v) is 27.1. The number of carbonyl (C=O) groups is 3. The molecule has 3 aromatic carbocycles. The molecule has 0 fully saturated rings. The molecule has 16 heteroatoms. The number of hydrogen-bond donors (Lipinski definition) is 4. The number of nitrogens with one attached hydrogen (secondary N) is 3. The Morgan fingerprint density at radius 3 is 2.15 bits per heavy atom. The van der Waals surface area contributed by atoms with E-state index in [1.54, 1.807) is 12.1 Å². The highest BCUT2D eigenvalue weighted by molar-refractivity contribution is 7.91. The molecule has 1 aromatic heterocycles. The molecule has 0 bridgehead atoms. The van der Waals surface area contributed by atoms with E-state index in [1.165, 1.54) is 75.1 Å². The van der Waals surface area contributed by atoms with Crippen LogP contribution in [0.5, 0.6) is 11.5 Å². The van der Waals surface area contributed by atoms with Crippen LogP contribution in [-0.4, -0.2) is 56.7 Å². The summed E-state index contributed by atoms with van der Waals surface area (Å²) in [5.41, 5.74) is 0.717. The van der Waals surface area contributed by atoms with Gasteiger partial charge in [0.2, 0.25) is 9.84 Å². The molecule has 3 amide bonds. The highest BCUT2D eigenvalue weighted by Gasteiger charge is 2.28. The number of methoxy groups -OCH3 is 2. The Kier molecular flexibility index (Phi) is 11.0. The number of carbonyl (C=O) groups excluding carboxylic acids is 2. The maximum atomic E-state index is 13.7. The molecule has 0 aliphatic rings. The summed E-state index contributed by atoms with van der Waals surface area (Å²) in [7, 11) is -1.63. The van der Waals surface area contributed by atoms with Crippen LogP contribution >= 0.6 is 34.8 Å². The van der Waals surface area contributed by atoms with E-state index in [4.69, 9.17) is 44.3 Å². The number of sulfone groups is 1. The number of halogens is 3. The van der Waals surface area contributed by atoms with Crippen molar-refractivity contribution in [1.82, 2.24) is 10.3 Å². The third kappa shape index (κ3) is 7.98. The van der Waals surface area contributed by atoms with E-state index < -0.39 is 33.8 Å². The first kappa shape index (κ1) is 34.3. The topological polar surface area (TPSA) is 173 Å². The molecule has 0 aliphatic carbocycles. The number of nitrogens with zero attached hydrogens (tertiary/aromatic N) is 1. The van der Waals surface area contributed by atoms with E-state index in [9.17, 15) is 27.9 Å². The molecule has 0 aliphatic heterocycles. The molecule has 1 atom stereocenters. The summed E-state index contributed by atoms with van der Waals surface area (Å²) >= 11 is 18.2. The van der Waals surface area contributed by atoms with Crippen LogP contribution in [0.1, 0.15) is 15.9 Å². The number of hydrogen-bond acceptors (Lipinski definition) is 8. The van der Waals surface area contributed by atoms with Crippen LogP contribution in [0.2, 0.25) is 15.1 Å². The lowest BCUT2D eigenvalue weighted by atomic mass is 10.1. The fourth-order valence-corrected chi connectivity index (χ4v) is 6.52. The molecule has 4 aromatic rings. The second-order valence-electron chi connectivity index (χ2n) is 9.48. The summed E-state index contributed by atoms with van der Waals surface area (Å²) in [5.74, 6) is -1.64. The van der Waals surface area contributed by atoms with E-state index in [1.807, 2.05) is 0 Å². The lowest BCUT2D eigenvalue weighted by molar-refractivity contribution is -0.139. The van der Waals surface area contributed by atoms with Gasteiger partial charge in [0.1, 0.15) is 22.4 Å². The van der Waals surface area contributed by atoms with Crippen LogP contribution in [0, 0.1) is 0 Å². The number of anilines is 2. The second kappa shape index (κ2) is 14.7. The molecule has 4 N–H and O–H groups in total. The van der Waals surface area contributed by atoms with Crippen LogP contribution in [0.25, 0.3) is 0 Å². The Labute approximate surface area is 278 Å². The number of aromatic nitrogens is 1. The van der Waals surface area contributed by atoms with Crippen molar-refractivity contribution < 1.29 is 37.4 Å². The fraction of sp³-hybridized carbons (Fsp3) is 0.133. The molecular weight excluding hydrogens is 683 g/mol. The van der Waals surface area contributed by atoms with Crippen LogP contribution in [-0.2, 0) is 21.1 Å². The number of aliphatic carboxylic acids is 1. The number of amides is 3. The van der Waals surface area contributed by atoms with Gasteiger partial charge in [-0.1, -0.05) is 46.9 Å². The number of carboxylic acid groups (broad SMARTS) is 1. The Morgan fingerprint density at radius 1 is 0.870 bits per heavy atom.